The summed E-state index contributed by atoms with van der Waals surface area (Å²) in [5.41, 5.74) is 0. The van der Waals surface area contributed by atoms with Gasteiger partial charge in [0.2, 0.25) is 0 Å². The molecule has 0 saturated carbocycles. The third kappa shape index (κ3) is 10.00. The molecule has 10 nitrogen and oxygen atoms in total. The summed E-state index contributed by atoms with van der Waals surface area (Å²) in [6.45, 7) is 4.45. The number of carbonyl (C=O) groups is 2. The van der Waals surface area contributed by atoms with Crippen LogP contribution in [-0.2, 0) is 38.0 Å². The lowest BCUT2D eigenvalue weighted by Gasteiger charge is -2.28. The third-order valence-electron chi connectivity index (χ3n) is 3.42. The summed E-state index contributed by atoms with van der Waals surface area (Å²) in [4.78, 5) is 21.1. The van der Waals surface area contributed by atoms with Gasteiger partial charge in [0.05, 0.1) is 39.6 Å². The van der Waals surface area contributed by atoms with Gasteiger partial charge in [-0.25, -0.2) is 0 Å². The minimum absolute atomic E-state index is 0.0157. The SMILES string of the molecule is CC(=O)OC[C@@H]1CO[C@@H](COC(C)=O)CO1.OC[C@@H]1CO[C@@H](CO)CO1. The summed E-state index contributed by atoms with van der Waals surface area (Å²) in [5, 5.41) is 17.2. The molecule has 0 radical (unpaired) electrons. The molecular formula is C16H28O10. The fourth-order valence-electron chi connectivity index (χ4n) is 1.99. The molecule has 2 aliphatic heterocycles. The van der Waals surface area contributed by atoms with Crippen molar-refractivity contribution in [3.63, 3.8) is 0 Å². The highest BCUT2D eigenvalue weighted by molar-refractivity contribution is 5.66. The Morgan fingerprint density at radius 1 is 0.731 bits per heavy atom. The molecular weight excluding hydrogens is 352 g/mol. The van der Waals surface area contributed by atoms with Gasteiger partial charge in [0.15, 0.2) is 0 Å². The zero-order valence-corrected chi connectivity index (χ0v) is 15.1. The van der Waals surface area contributed by atoms with Crippen molar-refractivity contribution in [3.8, 4) is 0 Å². The number of hydrogen-bond donors (Lipinski definition) is 2. The normalized spacial score (nSPS) is 28.5. The molecule has 0 aromatic rings. The van der Waals surface area contributed by atoms with Crippen molar-refractivity contribution < 1.29 is 48.2 Å². The molecule has 2 fully saturated rings. The average Bonchev–Trinajstić information content (AvgIpc) is 2.66. The maximum Gasteiger partial charge on any atom is 0.302 e. The molecule has 4 atom stereocenters. The molecule has 152 valence electrons. The molecule has 10 heteroatoms. The highest BCUT2D eigenvalue weighted by Gasteiger charge is 2.24. The van der Waals surface area contributed by atoms with Crippen molar-refractivity contribution in [2.75, 3.05) is 52.9 Å². The van der Waals surface area contributed by atoms with E-state index in [9.17, 15) is 9.59 Å². The third-order valence-corrected chi connectivity index (χ3v) is 3.42. The summed E-state index contributed by atoms with van der Waals surface area (Å²) < 4.78 is 30.5. The Bertz CT molecular complexity index is 362. The largest absolute Gasteiger partial charge is 0.463 e. The maximum atomic E-state index is 10.6. The number of esters is 2. The zero-order chi connectivity index (χ0) is 19.4. The van der Waals surface area contributed by atoms with Gasteiger partial charge in [0.1, 0.15) is 37.6 Å². The Morgan fingerprint density at radius 2 is 1.04 bits per heavy atom. The number of hydrogen-bond acceptors (Lipinski definition) is 10. The Balaban J connectivity index is 0.000000289. The molecule has 0 aromatic carbocycles. The Hall–Kier alpha value is -1.30. The predicted molar refractivity (Wildman–Crippen MR) is 86.4 cm³/mol. The molecule has 2 aliphatic rings. The molecule has 0 spiro atoms. The van der Waals surface area contributed by atoms with E-state index in [1.165, 1.54) is 13.8 Å². The van der Waals surface area contributed by atoms with E-state index in [0.29, 0.717) is 26.4 Å². The molecule has 0 aromatic heterocycles. The molecule has 2 rings (SSSR count). The number of carbonyl (C=O) groups excluding carboxylic acids is 2. The van der Waals surface area contributed by atoms with Gasteiger partial charge in [-0.1, -0.05) is 0 Å². The van der Waals surface area contributed by atoms with Crippen LogP contribution in [0, 0.1) is 0 Å². The molecule has 2 heterocycles. The van der Waals surface area contributed by atoms with Crippen LogP contribution in [0.2, 0.25) is 0 Å². The quantitative estimate of drug-likeness (QED) is 0.534. The van der Waals surface area contributed by atoms with E-state index in [-0.39, 0.29) is 62.8 Å². The summed E-state index contributed by atoms with van der Waals surface area (Å²) in [6.07, 6.45) is -0.888. The van der Waals surface area contributed by atoms with E-state index in [0.717, 1.165) is 0 Å². The van der Waals surface area contributed by atoms with Crippen LogP contribution in [0.4, 0.5) is 0 Å². The fraction of sp³-hybridized carbons (Fsp3) is 0.875. The maximum absolute atomic E-state index is 10.6. The Kier molecular flexibility index (Phi) is 11.3. The molecule has 2 N–H and O–H groups in total. The standard InChI is InChI=1S/C10H16O6.C6H12O4/c1-7(11)13-3-9-5-16-10(6-15-9)4-14-8(2)12;7-1-5-3-10-6(2-8)4-9-5/h9-10H,3-6H2,1-2H3;5-8H,1-4H2/t9-,10+;5-,6+. The van der Waals surface area contributed by atoms with E-state index >= 15 is 0 Å². The molecule has 0 aliphatic carbocycles. The number of rotatable bonds is 6. The highest BCUT2D eigenvalue weighted by Crippen LogP contribution is 2.08. The Morgan fingerprint density at radius 3 is 1.27 bits per heavy atom. The van der Waals surface area contributed by atoms with Crippen molar-refractivity contribution >= 4 is 11.9 Å². The molecule has 2 saturated heterocycles. The lowest BCUT2D eigenvalue weighted by Crippen LogP contribution is -2.40. The predicted octanol–water partition coefficient (Wildman–Crippen LogP) is -1.35. The van der Waals surface area contributed by atoms with E-state index in [4.69, 9.17) is 38.6 Å². The van der Waals surface area contributed by atoms with Crippen molar-refractivity contribution in [2.45, 2.75) is 38.3 Å². The molecule has 0 bridgehead atoms. The second kappa shape index (κ2) is 13.0. The molecule has 0 unspecified atom stereocenters. The van der Waals surface area contributed by atoms with Crippen molar-refractivity contribution in [1.29, 1.82) is 0 Å². The van der Waals surface area contributed by atoms with Crippen molar-refractivity contribution in [2.24, 2.45) is 0 Å². The first-order valence-electron chi connectivity index (χ1n) is 8.39. The first-order chi connectivity index (χ1) is 12.4. The summed E-state index contributed by atoms with van der Waals surface area (Å²) >= 11 is 0. The zero-order valence-electron chi connectivity index (χ0n) is 15.1. The minimum Gasteiger partial charge on any atom is -0.463 e. The van der Waals surface area contributed by atoms with Gasteiger partial charge in [-0.2, -0.15) is 0 Å². The van der Waals surface area contributed by atoms with Crippen LogP contribution in [0.1, 0.15) is 13.8 Å². The van der Waals surface area contributed by atoms with E-state index < -0.39 is 0 Å². The topological polar surface area (TPSA) is 130 Å². The van der Waals surface area contributed by atoms with Crippen molar-refractivity contribution in [3.05, 3.63) is 0 Å². The smallest absolute Gasteiger partial charge is 0.302 e. The average molecular weight is 380 g/mol. The summed E-state index contributed by atoms with van der Waals surface area (Å²) in [5.74, 6) is -0.684. The number of aliphatic hydroxyl groups is 2. The van der Waals surface area contributed by atoms with E-state index in [1.807, 2.05) is 0 Å². The van der Waals surface area contributed by atoms with Gasteiger partial charge >= 0.3 is 11.9 Å². The first kappa shape index (κ1) is 22.7. The van der Waals surface area contributed by atoms with Crippen LogP contribution in [0.5, 0.6) is 0 Å². The number of aliphatic hydroxyl groups excluding tert-OH is 2. The number of ether oxygens (including phenoxy) is 6. The lowest BCUT2D eigenvalue weighted by molar-refractivity contribution is -0.178. The monoisotopic (exact) mass is 380 g/mol. The van der Waals surface area contributed by atoms with Crippen LogP contribution in [-0.4, -0.2) is 99.4 Å². The Labute approximate surface area is 152 Å². The van der Waals surface area contributed by atoms with E-state index in [2.05, 4.69) is 0 Å². The summed E-state index contributed by atoms with van der Waals surface area (Å²) in [6, 6.07) is 0. The van der Waals surface area contributed by atoms with Gasteiger partial charge in [-0.3, -0.25) is 9.59 Å². The molecule has 0 amide bonds. The van der Waals surface area contributed by atoms with Crippen LogP contribution >= 0.6 is 0 Å². The van der Waals surface area contributed by atoms with Crippen LogP contribution < -0.4 is 0 Å². The van der Waals surface area contributed by atoms with Crippen LogP contribution in [0.25, 0.3) is 0 Å². The van der Waals surface area contributed by atoms with Gasteiger partial charge in [-0.05, 0) is 0 Å². The van der Waals surface area contributed by atoms with Crippen LogP contribution in [0.3, 0.4) is 0 Å². The van der Waals surface area contributed by atoms with E-state index in [1.54, 1.807) is 0 Å². The second-order valence-corrected chi connectivity index (χ2v) is 5.79. The van der Waals surface area contributed by atoms with Crippen LogP contribution in [0.15, 0.2) is 0 Å². The first-order valence-corrected chi connectivity index (χ1v) is 8.39. The highest BCUT2D eigenvalue weighted by atomic mass is 16.6. The lowest BCUT2D eigenvalue weighted by atomic mass is 10.3. The minimum atomic E-state index is -0.342. The van der Waals surface area contributed by atoms with Gasteiger partial charge in [0, 0.05) is 13.8 Å². The summed E-state index contributed by atoms with van der Waals surface area (Å²) in [7, 11) is 0. The van der Waals surface area contributed by atoms with Gasteiger partial charge in [-0.15, -0.1) is 0 Å². The fourth-order valence-corrected chi connectivity index (χ4v) is 1.99. The van der Waals surface area contributed by atoms with Crippen molar-refractivity contribution in [1.82, 2.24) is 0 Å². The van der Waals surface area contributed by atoms with Gasteiger partial charge in [0.25, 0.3) is 0 Å². The van der Waals surface area contributed by atoms with Gasteiger partial charge < -0.3 is 38.6 Å². The molecule has 26 heavy (non-hydrogen) atoms. The second-order valence-electron chi connectivity index (χ2n) is 5.79.